The number of nitrogens with two attached hydrogens (primary N) is 1. The first-order valence-corrected chi connectivity index (χ1v) is 8.19. The quantitative estimate of drug-likeness (QED) is 0.803. The number of pyridine rings is 1. The number of benzene rings is 1. The van der Waals surface area contributed by atoms with Crippen LogP contribution in [0.5, 0.6) is 5.75 Å². The molecule has 1 atom stereocenters. The van der Waals surface area contributed by atoms with E-state index in [0.29, 0.717) is 24.2 Å². The van der Waals surface area contributed by atoms with E-state index < -0.39 is 5.25 Å². The fourth-order valence-corrected chi connectivity index (χ4v) is 3.62. The number of phenolic OH excluding ortho intramolecular Hbond substituents is 1. The highest BCUT2D eigenvalue weighted by molar-refractivity contribution is 8.00. The number of nitrogens with zero attached hydrogens (tertiary/aromatic N) is 3. The Bertz CT molecular complexity index is 946. The maximum Gasteiger partial charge on any atom is 0.319 e. The fraction of sp³-hybridized carbons (Fsp3) is 0.176. The smallest absolute Gasteiger partial charge is 0.319 e. The summed E-state index contributed by atoms with van der Waals surface area (Å²) in [6.07, 6.45) is 0.511. The third kappa shape index (κ3) is 3.08. The van der Waals surface area contributed by atoms with Crippen molar-refractivity contribution in [2.45, 2.75) is 16.7 Å². The maximum atomic E-state index is 11.7. The van der Waals surface area contributed by atoms with Gasteiger partial charge in [0, 0.05) is 12.0 Å². The van der Waals surface area contributed by atoms with Gasteiger partial charge in [-0.05, 0) is 17.7 Å². The average Bonchev–Trinajstić information content (AvgIpc) is 2.99. The van der Waals surface area contributed by atoms with Crippen LogP contribution in [0.25, 0.3) is 11.1 Å². The molecule has 8 heteroatoms. The van der Waals surface area contributed by atoms with Crippen LogP contribution in [-0.4, -0.2) is 27.9 Å². The van der Waals surface area contributed by atoms with Gasteiger partial charge < -0.3 is 15.6 Å². The van der Waals surface area contributed by atoms with Crippen LogP contribution in [0.4, 0.5) is 5.82 Å². The monoisotopic (exact) mass is 352 g/mol. The molecule has 3 N–H and O–H groups in total. The van der Waals surface area contributed by atoms with E-state index in [1.165, 1.54) is 12.1 Å². The summed E-state index contributed by atoms with van der Waals surface area (Å²) in [5, 5.41) is 28.6. The highest BCUT2D eigenvalue weighted by Gasteiger charge is 2.30. The zero-order valence-electron chi connectivity index (χ0n) is 12.9. The molecule has 25 heavy (non-hydrogen) atoms. The first kappa shape index (κ1) is 16.6. The van der Waals surface area contributed by atoms with Gasteiger partial charge >= 0.3 is 5.97 Å². The van der Waals surface area contributed by atoms with Crippen molar-refractivity contribution in [2.75, 3.05) is 12.3 Å². The summed E-state index contributed by atoms with van der Waals surface area (Å²) >= 11 is 1.10. The van der Waals surface area contributed by atoms with Crippen molar-refractivity contribution < 1.29 is 14.6 Å². The van der Waals surface area contributed by atoms with E-state index in [2.05, 4.69) is 4.98 Å². The number of rotatable bonds is 3. The number of carbonyl (C=O) groups excluding carboxylic acids is 1. The first-order chi connectivity index (χ1) is 12.0. The molecular weight excluding hydrogens is 340 g/mol. The molecule has 0 bridgehead atoms. The maximum absolute atomic E-state index is 11.7. The lowest BCUT2D eigenvalue weighted by Gasteiger charge is -2.14. The van der Waals surface area contributed by atoms with Crippen molar-refractivity contribution in [3.8, 4) is 29.0 Å². The van der Waals surface area contributed by atoms with Crippen molar-refractivity contribution in [3.63, 3.8) is 0 Å². The summed E-state index contributed by atoms with van der Waals surface area (Å²) < 4.78 is 4.93. The van der Waals surface area contributed by atoms with E-state index >= 15 is 0 Å². The molecule has 0 saturated carbocycles. The fourth-order valence-electron chi connectivity index (χ4n) is 2.55. The lowest BCUT2D eigenvalue weighted by atomic mass is 9.97. The van der Waals surface area contributed by atoms with Gasteiger partial charge in [0.25, 0.3) is 0 Å². The van der Waals surface area contributed by atoms with Gasteiger partial charge in [-0.1, -0.05) is 23.9 Å². The number of nitriles is 2. The molecular formula is C17H12N4O3S. The molecule has 3 rings (SSSR count). The molecule has 7 nitrogen and oxygen atoms in total. The molecule has 1 fully saturated rings. The Balaban J connectivity index is 2.20. The Kier molecular flexibility index (Phi) is 4.46. The van der Waals surface area contributed by atoms with Gasteiger partial charge in [0.2, 0.25) is 0 Å². The van der Waals surface area contributed by atoms with Crippen LogP contribution in [0, 0.1) is 22.7 Å². The molecule has 0 amide bonds. The minimum atomic E-state index is -0.469. The Hall–Kier alpha value is -3.23. The lowest BCUT2D eigenvalue weighted by molar-refractivity contribution is -0.137. The Morgan fingerprint density at radius 1 is 1.32 bits per heavy atom. The summed E-state index contributed by atoms with van der Waals surface area (Å²) in [5.41, 5.74) is 6.87. The molecule has 2 heterocycles. The van der Waals surface area contributed by atoms with Gasteiger partial charge in [-0.15, -0.1) is 0 Å². The molecule has 1 aliphatic heterocycles. The number of esters is 1. The molecule has 1 aromatic carbocycles. The standard InChI is InChI=1S/C17H12N4O3S/c18-7-11-14(9-2-1-3-10(22)6-9)12(8-19)16(21-15(11)20)25-13-4-5-24-17(13)23/h1-3,6,13,22H,4-5H2,(H2,20,21). The number of anilines is 1. The van der Waals surface area contributed by atoms with Crippen molar-refractivity contribution in [1.29, 1.82) is 10.5 Å². The topological polar surface area (TPSA) is 133 Å². The molecule has 1 saturated heterocycles. The molecule has 1 aliphatic rings. The Labute approximate surface area is 147 Å². The molecule has 0 radical (unpaired) electrons. The van der Waals surface area contributed by atoms with Gasteiger partial charge in [0.1, 0.15) is 39.5 Å². The van der Waals surface area contributed by atoms with E-state index in [9.17, 15) is 20.4 Å². The van der Waals surface area contributed by atoms with E-state index in [4.69, 9.17) is 10.5 Å². The number of phenols is 1. The number of carbonyl (C=O) groups is 1. The minimum Gasteiger partial charge on any atom is -0.508 e. The van der Waals surface area contributed by atoms with Crippen molar-refractivity contribution in [1.82, 2.24) is 4.98 Å². The lowest BCUT2D eigenvalue weighted by Crippen LogP contribution is -2.11. The zero-order valence-corrected chi connectivity index (χ0v) is 13.7. The number of cyclic esters (lactones) is 1. The minimum absolute atomic E-state index is 0.00534. The average molecular weight is 352 g/mol. The van der Waals surface area contributed by atoms with Crippen molar-refractivity contribution in [3.05, 3.63) is 35.4 Å². The summed E-state index contributed by atoms with van der Waals surface area (Å²) in [5.74, 6) is -0.402. The van der Waals surface area contributed by atoms with Gasteiger partial charge in [-0.25, -0.2) is 4.98 Å². The number of hydrogen-bond donors (Lipinski definition) is 2. The molecule has 1 aromatic heterocycles. The molecule has 0 spiro atoms. The Morgan fingerprint density at radius 2 is 2.08 bits per heavy atom. The highest BCUT2D eigenvalue weighted by atomic mass is 32.2. The third-order valence-corrected chi connectivity index (χ3v) is 4.92. The number of aromatic hydroxyl groups is 1. The van der Waals surface area contributed by atoms with Crippen molar-refractivity contribution in [2.24, 2.45) is 0 Å². The molecule has 2 aromatic rings. The second kappa shape index (κ2) is 6.71. The van der Waals surface area contributed by atoms with Crippen LogP contribution in [0.1, 0.15) is 17.5 Å². The molecule has 124 valence electrons. The zero-order chi connectivity index (χ0) is 18.0. The number of nitrogen functional groups attached to an aromatic ring is 1. The van der Waals surface area contributed by atoms with Crippen LogP contribution in [0.3, 0.4) is 0 Å². The van der Waals surface area contributed by atoms with E-state index in [1.54, 1.807) is 12.1 Å². The Morgan fingerprint density at radius 3 is 2.68 bits per heavy atom. The molecule has 1 unspecified atom stereocenters. The van der Waals surface area contributed by atoms with Crippen LogP contribution < -0.4 is 5.73 Å². The summed E-state index contributed by atoms with van der Waals surface area (Å²) in [7, 11) is 0. The second-order valence-electron chi connectivity index (χ2n) is 5.26. The summed E-state index contributed by atoms with van der Waals surface area (Å²) in [6.45, 7) is 0.323. The van der Waals surface area contributed by atoms with Gasteiger partial charge in [0.15, 0.2) is 0 Å². The van der Waals surface area contributed by atoms with Gasteiger partial charge in [-0.3, -0.25) is 4.79 Å². The van der Waals surface area contributed by atoms with Gasteiger partial charge in [0.05, 0.1) is 12.2 Å². The van der Waals surface area contributed by atoms with Crippen molar-refractivity contribution >= 4 is 23.5 Å². The predicted octanol–water partition coefficient (Wildman–Crippen LogP) is 2.19. The summed E-state index contributed by atoms with van der Waals surface area (Å²) in [6, 6.07) is 10.2. The van der Waals surface area contributed by atoms with Crippen LogP contribution >= 0.6 is 11.8 Å². The molecule has 0 aliphatic carbocycles. The highest BCUT2D eigenvalue weighted by Crippen LogP contribution is 2.39. The predicted molar refractivity (Wildman–Crippen MR) is 90.4 cm³/mol. The van der Waals surface area contributed by atoms with E-state index in [1.807, 2.05) is 12.1 Å². The number of hydrogen-bond acceptors (Lipinski definition) is 8. The third-order valence-electron chi connectivity index (χ3n) is 3.69. The normalized spacial score (nSPS) is 16.1. The largest absolute Gasteiger partial charge is 0.508 e. The summed E-state index contributed by atoms with van der Waals surface area (Å²) in [4.78, 5) is 15.9. The SMILES string of the molecule is N#Cc1c(N)nc(SC2CCOC2=O)c(C#N)c1-c1cccc(O)c1. The number of ether oxygens (including phenoxy) is 1. The number of thioether (sulfide) groups is 1. The first-order valence-electron chi connectivity index (χ1n) is 7.31. The van der Waals surface area contributed by atoms with Crippen LogP contribution in [-0.2, 0) is 9.53 Å². The van der Waals surface area contributed by atoms with E-state index in [-0.39, 0.29) is 33.7 Å². The van der Waals surface area contributed by atoms with Crippen LogP contribution in [0.15, 0.2) is 29.3 Å². The second-order valence-corrected chi connectivity index (χ2v) is 6.46. The van der Waals surface area contributed by atoms with Gasteiger partial charge in [-0.2, -0.15) is 10.5 Å². The van der Waals surface area contributed by atoms with Crippen LogP contribution in [0.2, 0.25) is 0 Å². The number of aromatic nitrogens is 1. The van der Waals surface area contributed by atoms with E-state index in [0.717, 1.165) is 11.8 Å².